The number of carbonyl (C=O) groups is 1. The van der Waals surface area contributed by atoms with Gasteiger partial charge in [-0.25, -0.2) is 0 Å². The van der Waals surface area contributed by atoms with Crippen LogP contribution in [0.15, 0.2) is 53.8 Å². The fraction of sp³-hybridized carbons (Fsp3) is 0.517. The van der Waals surface area contributed by atoms with Gasteiger partial charge in [0.1, 0.15) is 5.75 Å². The van der Waals surface area contributed by atoms with Crippen molar-refractivity contribution in [3.8, 4) is 5.75 Å². The lowest BCUT2D eigenvalue weighted by molar-refractivity contribution is -0.137. The zero-order valence-electron chi connectivity index (χ0n) is 21.9. The largest absolute Gasteiger partial charge is 0.497 e. The lowest BCUT2D eigenvalue weighted by atomic mass is 9.79. The fourth-order valence-electron chi connectivity index (χ4n) is 5.53. The zero-order valence-corrected chi connectivity index (χ0v) is 22.7. The third-order valence-electron chi connectivity index (χ3n) is 7.62. The molecule has 7 nitrogen and oxygen atoms in total. The SMILES string of the molecule is COc1ccc2nccc([C@@H](O)CCC3CCN(CCCSc4cccn4C)CC3CCC(=O)O)c2c1. The van der Waals surface area contributed by atoms with Crippen molar-refractivity contribution in [1.29, 1.82) is 0 Å². The summed E-state index contributed by atoms with van der Waals surface area (Å²) in [6.45, 7) is 3.02. The Morgan fingerprint density at radius 3 is 2.86 bits per heavy atom. The molecular formula is C29H39N3O4S. The number of fused-ring (bicyclic) bond motifs is 1. The Morgan fingerprint density at radius 2 is 2.11 bits per heavy atom. The van der Waals surface area contributed by atoms with Gasteiger partial charge in [0.15, 0.2) is 0 Å². The third kappa shape index (κ3) is 7.49. The van der Waals surface area contributed by atoms with Gasteiger partial charge >= 0.3 is 5.97 Å². The first-order valence-corrected chi connectivity index (χ1v) is 14.2. The van der Waals surface area contributed by atoms with Crippen LogP contribution in [0, 0.1) is 11.8 Å². The van der Waals surface area contributed by atoms with Gasteiger partial charge in [-0.05, 0) is 99.0 Å². The summed E-state index contributed by atoms with van der Waals surface area (Å²) in [6.07, 6.45) is 7.83. The van der Waals surface area contributed by atoms with Crippen molar-refractivity contribution < 1.29 is 19.7 Å². The molecule has 2 N–H and O–H groups in total. The van der Waals surface area contributed by atoms with Gasteiger partial charge in [0.05, 0.1) is 23.8 Å². The molecule has 3 aromatic rings. The predicted octanol–water partition coefficient (Wildman–Crippen LogP) is 5.38. The van der Waals surface area contributed by atoms with Crippen LogP contribution < -0.4 is 4.74 Å². The minimum absolute atomic E-state index is 0.204. The molecule has 2 unspecified atom stereocenters. The van der Waals surface area contributed by atoms with Crippen LogP contribution in [0.5, 0.6) is 5.75 Å². The van der Waals surface area contributed by atoms with E-state index in [1.54, 1.807) is 13.3 Å². The molecule has 0 aliphatic carbocycles. The molecule has 8 heteroatoms. The first kappa shape index (κ1) is 27.5. The molecule has 1 saturated heterocycles. The van der Waals surface area contributed by atoms with Gasteiger partial charge in [0.2, 0.25) is 0 Å². The van der Waals surface area contributed by atoms with Gasteiger partial charge in [-0.2, -0.15) is 0 Å². The second-order valence-corrected chi connectivity index (χ2v) is 11.2. The molecule has 37 heavy (non-hydrogen) atoms. The van der Waals surface area contributed by atoms with Crippen LogP contribution in [-0.2, 0) is 11.8 Å². The van der Waals surface area contributed by atoms with Gasteiger partial charge < -0.3 is 24.4 Å². The summed E-state index contributed by atoms with van der Waals surface area (Å²) in [5.74, 6) is 1.86. The van der Waals surface area contributed by atoms with Crippen LogP contribution in [-0.4, -0.2) is 63.1 Å². The highest BCUT2D eigenvalue weighted by molar-refractivity contribution is 7.99. The van der Waals surface area contributed by atoms with Crippen LogP contribution >= 0.6 is 11.8 Å². The maximum Gasteiger partial charge on any atom is 0.303 e. The van der Waals surface area contributed by atoms with E-state index in [9.17, 15) is 15.0 Å². The van der Waals surface area contributed by atoms with E-state index < -0.39 is 12.1 Å². The maximum atomic E-state index is 11.3. The number of benzene rings is 1. The van der Waals surface area contributed by atoms with Crippen LogP contribution in [0.25, 0.3) is 10.9 Å². The number of hydrogen-bond donors (Lipinski definition) is 2. The second-order valence-electron chi connectivity index (χ2n) is 10.1. The molecule has 0 radical (unpaired) electrons. The average molecular weight is 526 g/mol. The highest BCUT2D eigenvalue weighted by atomic mass is 32.2. The number of nitrogens with zero attached hydrogens (tertiary/aromatic N) is 3. The zero-order chi connectivity index (χ0) is 26.2. The van der Waals surface area contributed by atoms with E-state index in [-0.39, 0.29) is 6.42 Å². The van der Waals surface area contributed by atoms with Crippen molar-refractivity contribution in [3.05, 3.63) is 54.4 Å². The molecule has 2 aromatic heterocycles. The lowest BCUT2D eigenvalue weighted by Gasteiger charge is -2.39. The molecule has 3 heterocycles. The number of likely N-dealkylation sites (tertiary alicyclic amines) is 1. The monoisotopic (exact) mass is 525 g/mol. The Balaban J connectivity index is 1.32. The van der Waals surface area contributed by atoms with Crippen molar-refractivity contribution in [2.24, 2.45) is 18.9 Å². The van der Waals surface area contributed by atoms with E-state index in [4.69, 9.17) is 4.74 Å². The van der Waals surface area contributed by atoms with E-state index in [0.29, 0.717) is 24.7 Å². The van der Waals surface area contributed by atoms with Crippen molar-refractivity contribution in [2.45, 2.75) is 49.7 Å². The topological polar surface area (TPSA) is 87.8 Å². The van der Waals surface area contributed by atoms with E-state index >= 15 is 0 Å². The smallest absolute Gasteiger partial charge is 0.303 e. The quantitative estimate of drug-likeness (QED) is 0.229. The third-order valence-corrected chi connectivity index (χ3v) is 8.83. The molecule has 0 bridgehead atoms. The molecular weight excluding hydrogens is 486 g/mol. The minimum Gasteiger partial charge on any atom is -0.497 e. The number of hydrogen-bond acceptors (Lipinski definition) is 6. The summed E-state index contributed by atoms with van der Waals surface area (Å²) in [4.78, 5) is 18.3. The highest BCUT2D eigenvalue weighted by Crippen LogP contribution is 2.35. The number of carboxylic acid groups (broad SMARTS) is 1. The summed E-state index contributed by atoms with van der Waals surface area (Å²) in [7, 11) is 3.71. The minimum atomic E-state index is -0.730. The molecule has 0 saturated carbocycles. The normalized spacial score (nSPS) is 19.2. The van der Waals surface area contributed by atoms with Gasteiger partial charge in [-0.15, -0.1) is 11.8 Å². The van der Waals surface area contributed by atoms with Gasteiger partial charge in [0.25, 0.3) is 0 Å². The Bertz CT molecular complexity index is 1170. The highest BCUT2D eigenvalue weighted by Gasteiger charge is 2.30. The van der Waals surface area contributed by atoms with Crippen molar-refractivity contribution in [3.63, 3.8) is 0 Å². The number of aryl methyl sites for hydroxylation is 1. The van der Waals surface area contributed by atoms with Crippen molar-refractivity contribution in [1.82, 2.24) is 14.5 Å². The summed E-state index contributed by atoms with van der Waals surface area (Å²) >= 11 is 1.89. The van der Waals surface area contributed by atoms with Crippen molar-refractivity contribution in [2.75, 3.05) is 32.5 Å². The molecule has 1 aliphatic rings. The van der Waals surface area contributed by atoms with E-state index in [0.717, 1.165) is 66.9 Å². The number of aromatic nitrogens is 2. The Morgan fingerprint density at radius 1 is 1.24 bits per heavy atom. The summed E-state index contributed by atoms with van der Waals surface area (Å²) in [5, 5.41) is 22.7. The summed E-state index contributed by atoms with van der Waals surface area (Å²) in [5.41, 5.74) is 1.72. The van der Waals surface area contributed by atoms with Gasteiger partial charge in [0, 0.05) is 43.5 Å². The fourth-order valence-corrected chi connectivity index (χ4v) is 6.45. The lowest BCUT2D eigenvalue weighted by Crippen LogP contribution is -2.41. The first-order chi connectivity index (χ1) is 17.9. The first-order valence-electron chi connectivity index (χ1n) is 13.2. The van der Waals surface area contributed by atoms with Crippen LogP contribution in [0.1, 0.15) is 50.2 Å². The van der Waals surface area contributed by atoms with Crippen LogP contribution in [0.4, 0.5) is 0 Å². The van der Waals surface area contributed by atoms with E-state index in [1.165, 1.54) is 5.03 Å². The number of ether oxygens (including phenoxy) is 1. The number of pyridine rings is 1. The van der Waals surface area contributed by atoms with E-state index in [1.807, 2.05) is 36.0 Å². The van der Waals surface area contributed by atoms with Crippen molar-refractivity contribution >= 4 is 28.6 Å². The second kappa shape index (κ2) is 13.3. The summed E-state index contributed by atoms with van der Waals surface area (Å²) < 4.78 is 7.53. The number of aliphatic carboxylic acids is 1. The number of piperidine rings is 1. The van der Waals surface area contributed by atoms with Crippen LogP contribution in [0.2, 0.25) is 0 Å². The molecule has 4 rings (SSSR count). The van der Waals surface area contributed by atoms with Crippen LogP contribution in [0.3, 0.4) is 0 Å². The standard InChI is InChI=1S/C29H39N3O4S/c1-31-15-3-5-28(31)37-18-4-16-32-17-13-21(22(20-32)7-11-29(34)35)6-10-27(33)24-12-14-30-26-9-8-23(36-2)19-25(24)26/h3,5,8-9,12,14-15,19,21-22,27,33H,4,6-7,10-11,13,16-18,20H2,1-2H3,(H,34,35)/t21?,22?,27-/m0/s1. The molecule has 1 aliphatic heterocycles. The average Bonchev–Trinajstić information content (AvgIpc) is 3.32. The van der Waals surface area contributed by atoms with Gasteiger partial charge in [-0.3, -0.25) is 9.78 Å². The van der Waals surface area contributed by atoms with E-state index in [2.05, 4.69) is 39.8 Å². The maximum absolute atomic E-state index is 11.3. The molecule has 0 amide bonds. The number of carboxylic acids is 1. The molecule has 1 aromatic carbocycles. The number of thioether (sulfide) groups is 1. The Hall–Kier alpha value is -2.55. The summed E-state index contributed by atoms with van der Waals surface area (Å²) in [6, 6.07) is 11.9. The number of aliphatic hydroxyl groups excluding tert-OH is 1. The Kier molecular flexibility index (Phi) is 9.88. The number of rotatable bonds is 13. The predicted molar refractivity (Wildman–Crippen MR) is 148 cm³/mol. The number of aliphatic hydroxyl groups is 1. The molecule has 0 spiro atoms. The molecule has 200 valence electrons. The molecule has 3 atom stereocenters. The Labute approximate surface area is 223 Å². The van der Waals surface area contributed by atoms with Gasteiger partial charge in [-0.1, -0.05) is 0 Å². The number of methoxy groups -OCH3 is 1. The molecule has 1 fully saturated rings.